The van der Waals surface area contributed by atoms with Gasteiger partial charge in [-0.25, -0.2) is 0 Å². The molecule has 2 amide bonds. The number of para-hydroxylation sites is 1. The van der Waals surface area contributed by atoms with Gasteiger partial charge in [0.25, 0.3) is 5.91 Å². The minimum absolute atomic E-state index is 0.00661. The number of nitrogens with one attached hydrogen (secondary N) is 2. The minimum Gasteiger partial charge on any atom is -0.497 e. The third kappa shape index (κ3) is 4.35. The molecule has 0 saturated heterocycles. The Bertz CT molecular complexity index is 1420. The van der Waals surface area contributed by atoms with Crippen molar-refractivity contribution in [3.63, 3.8) is 0 Å². The molecule has 0 fully saturated rings. The second kappa shape index (κ2) is 9.90. The topological polar surface area (TPSA) is 74.4 Å². The van der Waals surface area contributed by atoms with Crippen molar-refractivity contribution in [2.75, 3.05) is 20.2 Å². The van der Waals surface area contributed by atoms with Gasteiger partial charge >= 0.3 is 0 Å². The highest BCUT2D eigenvalue weighted by Crippen LogP contribution is 2.45. The lowest BCUT2D eigenvalue weighted by atomic mass is 9.93. The number of benzene rings is 3. The molecular formula is C30H31N3O3. The number of amides is 2. The molecule has 184 valence electrons. The van der Waals surface area contributed by atoms with Crippen molar-refractivity contribution in [1.29, 1.82) is 0 Å². The summed E-state index contributed by atoms with van der Waals surface area (Å²) in [5.74, 6) is 0.967. The highest BCUT2D eigenvalue weighted by molar-refractivity contribution is 6.03. The molecule has 3 aromatic carbocycles. The van der Waals surface area contributed by atoms with Gasteiger partial charge in [0.05, 0.1) is 18.8 Å². The van der Waals surface area contributed by atoms with E-state index in [1.54, 1.807) is 12.0 Å². The molecule has 0 aliphatic carbocycles. The first kappa shape index (κ1) is 23.7. The smallest absolute Gasteiger partial charge is 0.255 e. The van der Waals surface area contributed by atoms with E-state index in [0.717, 1.165) is 45.5 Å². The normalized spacial score (nSPS) is 14.9. The summed E-state index contributed by atoms with van der Waals surface area (Å²) in [6, 6.07) is 23.2. The Morgan fingerprint density at radius 3 is 2.64 bits per heavy atom. The molecule has 36 heavy (non-hydrogen) atoms. The highest BCUT2D eigenvalue weighted by atomic mass is 16.5. The van der Waals surface area contributed by atoms with E-state index >= 15 is 0 Å². The third-order valence-corrected chi connectivity index (χ3v) is 6.79. The van der Waals surface area contributed by atoms with Crippen molar-refractivity contribution in [3.8, 4) is 17.0 Å². The summed E-state index contributed by atoms with van der Waals surface area (Å²) >= 11 is 0. The Kier molecular flexibility index (Phi) is 6.51. The van der Waals surface area contributed by atoms with Gasteiger partial charge in [0, 0.05) is 34.1 Å². The monoisotopic (exact) mass is 481 g/mol. The quantitative estimate of drug-likeness (QED) is 0.346. The van der Waals surface area contributed by atoms with Crippen LogP contribution in [0.4, 0.5) is 0 Å². The lowest BCUT2D eigenvalue weighted by Gasteiger charge is -2.26. The summed E-state index contributed by atoms with van der Waals surface area (Å²) in [5, 5.41) is 4.02. The van der Waals surface area contributed by atoms with Crippen LogP contribution in [0.15, 0.2) is 72.8 Å². The second-order valence-electron chi connectivity index (χ2n) is 9.65. The lowest BCUT2D eigenvalue weighted by molar-refractivity contribution is -0.122. The molecular weight excluding hydrogens is 450 g/mol. The molecule has 4 aromatic rings. The summed E-state index contributed by atoms with van der Waals surface area (Å²) in [7, 11) is 1.65. The number of rotatable bonds is 8. The van der Waals surface area contributed by atoms with Crippen LogP contribution in [0.25, 0.3) is 22.2 Å². The van der Waals surface area contributed by atoms with Gasteiger partial charge in [-0.05, 0) is 42.2 Å². The van der Waals surface area contributed by atoms with Crippen molar-refractivity contribution in [2.24, 2.45) is 5.92 Å². The van der Waals surface area contributed by atoms with Crippen LogP contribution in [-0.2, 0) is 4.79 Å². The van der Waals surface area contributed by atoms with Gasteiger partial charge in [0.2, 0.25) is 5.91 Å². The summed E-state index contributed by atoms with van der Waals surface area (Å²) in [4.78, 5) is 31.9. The lowest BCUT2D eigenvalue weighted by Crippen LogP contribution is -2.40. The molecule has 0 radical (unpaired) electrons. The van der Waals surface area contributed by atoms with Crippen molar-refractivity contribution in [1.82, 2.24) is 15.2 Å². The summed E-state index contributed by atoms with van der Waals surface area (Å²) in [6.07, 6.45) is 0.895. The van der Waals surface area contributed by atoms with Crippen LogP contribution in [-0.4, -0.2) is 41.9 Å². The van der Waals surface area contributed by atoms with Gasteiger partial charge in [-0.1, -0.05) is 62.4 Å². The van der Waals surface area contributed by atoms with E-state index in [9.17, 15) is 9.59 Å². The number of methoxy groups -OCH3 is 1. The van der Waals surface area contributed by atoms with Gasteiger partial charge < -0.3 is 19.9 Å². The van der Waals surface area contributed by atoms with Crippen LogP contribution >= 0.6 is 0 Å². The van der Waals surface area contributed by atoms with Crippen molar-refractivity contribution >= 4 is 22.7 Å². The molecule has 2 heterocycles. The number of carbonyl (C=O) groups excluding carboxylic acids is 2. The van der Waals surface area contributed by atoms with Crippen molar-refractivity contribution < 1.29 is 14.3 Å². The number of aromatic amines is 1. The zero-order chi connectivity index (χ0) is 25.2. The molecule has 1 aromatic heterocycles. The molecule has 0 bridgehead atoms. The minimum atomic E-state index is -0.401. The fourth-order valence-electron chi connectivity index (χ4n) is 5.01. The Hall–Kier alpha value is -4.06. The maximum atomic E-state index is 13.6. The van der Waals surface area contributed by atoms with E-state index in [-0.39, 0.29) is 18.4 Å². The molecule has 1 aliphatic heterocycles. The SMILES string of the molecule is COc1cccc(-c2[nH]c3ccccc3c2[C@@H]2c3ccccc3C(=O)N2CC(=O)NCCC(C)C)c1. The van der Waals surface area contributed by atoms with Crippen molar-refractivity contribution in [2.45, 2.75) is 26.3 Å². The molecule has 0 saturated carbocycles. The zero-order valence-corrected chi connectivity index (χ0v) is 20.9. The van der Waals surface area contributed by atoms with Gasteiger partial charge in [-0.15, -0.1) is 0 Å². The van der Waals surface area contributed by atoms with Crippen LogP contribution in [0.3, 0.4) is 0 Å². The van der Waals surface area contributed by atoms with E-state index in [2.05, 4.69) is 30.2 Å². The largest absolute Gasteiger partial charge is 0.497 e. The summed E-state index contributed by atoms with van der Waals surface area (Å²) in [6.45, 7) is 4.84. The second-order valence-corrected chi connectivity index (χ2v) is 9.65. The Balaban J connectivity index is 1.63. The summed E-state index contributed by atoms with van der Waals surface area (Å²) in [5.41, 5.74) is 5.37. The predicted octanol–water partition coefficient (Wildman–Crippen LogP) is 5.55. The number of carbonyl (C=O) groups is 2. The predicted molar refractivity (Wildman–Crippen MR) is 142 cm³/mol. The number of hydrogen-bond donors (Lipinski definition) is 2. The van der Waals surface area contributed by atoms with E-state index in [1.807, 2.05) is 66.7 Å². The Morgan fingerprint density at radius 2 is 1.83 bits per heavy atom. The maximum Gasteiger partial charge on any atom is 0.255 e. The van der Waals surface area contributed by atoms with Crippen LogP contribution in [0.1, 0.15) is 47.8 Å². The van der Waals surface area contributed by atoms with E-state index in [4.69, 9.17) is 4.74 Å². The first-order valence-electron chi connectivity index (χ1n) is 12.4. The standard InChI is InChI=1S/C30H31N3O3/c1-19(2)15-16-31-26(34)18-33-29(22-11-4-5-12-23(22)30(33)35)27-24-13-6-7-14-25(24)32-28(27)20-9-8-10-21(17-20)36-3/h4-14,17,19,29,32H,15-16,18H2,1-3H3,(H,31,34)/t29-/m0/s1. The number of nitrogens with zero attached hydrogens (tertiary/aromatic N) is 1. The van der Waals surface area contributed by atoms with Gasteiger partial charge in [-0.3, -0.25) is 9.59 Å². The third-order valence-electron chi connectivity index (χ3n) is 6.79. The van der Waals surface area contributed by atoms with Gasteiger partial charge in [0.1, 0.15) is 12.3 Å². The number of fused-ring (bicyclic) bond motifs is 2. The molecule has 0 spiro atoms. The highest BCUT2D eigenvalue weighted by Gasteiger charge is 2.40. The van der Waals surface area contributed by atoms with E-state index in [0.29, 0.717) is 18.0 Å². The first-order chi connectivity index (χ1) is 17.5. The molecule has 2 N–H and O–H groups in total. The molecule has 5 rings (SSSR count). The molecule has 0 unspecified atom stereocenters. The average molecular weight is 482 g/mol. The number of aromatic nitrogens is 1. The van der Waals surface area contributed by atoms with Crippen LogP contribution in [0.5, 0.6) is 5.75 Å². The average Bonchev–Trinajstić information content (AvgIpc) is 3.39. The zero-order valence-electron chi connectivity index (χ0n) is 20.9. The molecule has 6 heteroatoms. The molecule has 6 nitrogen and oxygen atoms in total. The maximum absolute atomic E-state index is 13.6. The van der Waals surface area contributed by atoms with E-state index in [1.165, 1.54) is 0 Å². The number of H-pyrrole nitrogens is 1. The molecule has 1 aliphatic rings. The fourth-order valence-corrected chi connectivity index (χ4v) is 5.01. The first-order valence-corrected chi connectivity index (χ1v) is 12.4. The number of ether oxygens (including phenoxy) is 1. The van der Waals surface area contributed by atoms with E-state index < -0.39 is 6.04 Å². The van der Waals surface area contributed by atoms with Crippen LogP contribution in [0, 0.1) is 5.92 Å². The van der Waals surface area contributed by atoms with Crippen molar-refractivity contribution in [3.05, 3.63) is 89.5 Å². The van der Waals surface area contributed by atoms with Gasteiger partial charge in [0.15, 0.2) is 0 Å². The van der Waals surface area contributed by atoms with Gasteiger partial charge in [-0.2, -0.15) is 0 Å². The number of hydrogen-bond acceptors (Lipinski definition) is 3. The van der Waals surface area contributed by atoms with Crippen LogP contribution in [0.2, 0.25) is 0 Å². The Labute approximate surface area is 211 Å². The summed E-state index contributed by atoms with van der Waals surface area (Å²) < 4.78 is 5.49. The Morgan fingerprint density at radius 1 is 1.06 bits per heavy atom. The van der Waals surface area contributed by atoms with Crippen LogP contribution < -0.4 is 10.1 Å². The fraction of sp³-hybridized carbons (Fsp3) is 0.267. The molecule has 1 atom stereocenters.